The van der Waals surface area contributed by atoms with Crippen molar-refractivity contribution in [2.75, 3.05) is 12.4 Å². The van der Waals surface area contributed by atoms with Gasteiger partial charge in [-0.2, -0.15) is 11.8 Å². The number of hydrogen-bond donors (Lipinski definition) is 0. The van der Waals surface area contributed by atoms with Crippen LogP contribution in [0.15, 0.2) is 59.1 Å². The molecular formula is C15H15BrOS. The van der Waals surface area contributed by atoms with Crippen molar-refractivity contribution < 1.29 is 4.74 Å². The van der Waals surface area contributed by atoms with Gasteiger partial charge in [0.2, 0.25) is 0 Å². The molecule has 0 saturated carbocycles. The molecule has 0 atom stereocenters. The van der Waals surface area contributed by atoms with Gasteiger partial charge < -0.3 is 4.74 Å². The molecule has 0 aliphatic heterocycles. The van der Waals surface area contributed by atoms with Gasteiger partial charge in [0.1, 0.15) is 5.75 Å². The molecule has 0 aromatic heterocycles. The Labute approximate surface area is 121 Å². The lowest BCUT2D eigenvalue weighted by atomic mass is 10.2. The summed E-state index contributed by atoms with van der Waals surface area (Å²) in [6.07, 6.45) is 0. The first-order valence-electron chi connectivity index (χ1n) is 5.84. The summed E-state index contributed by atoms with van der Waals surface area (Å²) in [5.41, 5.74) is 1.37. The van der Waals surface area contributed by atoms with Crippen molar-refractivity contribution >= 4 is 27.7 Å². The van der Waals surface area contributed by atoms with Gasteiger partial charge in [0.15, 0.2) is 0 Å². The molecule has 1 nitrogen and oxygen atoms in total. The molecule has 3 heteroatoms. The second kappa shape index (κ2) is 7.49. The third kappa shape index (κ3) is 4.75. The van der Waals surface area contributed by atoms with E-state index in [2.05, 4.69) is 40.2 Å². The van der Waals surface area contributed by atoms with Crippen molar-refractivity contribution in [3.05, 3.63) is 64.6 Å². The Kier molecular flexibility index (Phi) is 5.62. The van der Waals surface area contributed by atoms with E-state index in [1.165, 1.54) is 5.56 Å². The van der Waals surface area contributed by atoms with E-state index in [1.54, 1.807) is 0 Å². The molecule has 94 valence electrons. The van der Waals surface area contributed by atoms with Crippen LogP contribution in [0.25, 0.3) is 0 Å². The van der Waals surface area contributed by atoms with Gasteiger partial charge >= 0.3 is 0 Å². The number of halogens is 1. The third-order valence-electron chi connectivity index (χ3n) is 2.42. The first kappa shape index (κ1) is 13.5. The molecule has 0 N–H and O–H groups in total. The number of ether oxygens (including phenoxy) is 1. The molecule has 0 spiro atoms. The van der Waals surface area contributed by atoms with Gasteiger partial charge in [0.25, 0.3) is 0 Å². The SMILES string of the molecule is Brc1ccc(OCCSCc2ccccc2)cc1. The summed E-state index contributed by atoms with van der Waals surface area (Å²) in [7, 11) is 0. The Hall–Kier alpha value is -0.930. The van der Waals surface area contributed by atoms with Crippen LogP contribution in [0.3, 0.4) is 0 Å². The Morgan fingerprint density at radius 1 is 0.944 bits per heavy atom. The van der Waals surface area contributed by atoms with Crippen LogP contribution in [0.4, 0.5) is 0 Å². The molecule has 0 aliphatic rings. The van der Waals surface area contributed by atoms with Crippen molar-refractivity contribution in [3.63, 3.8) is 0 Å². The summed E-state index contributed by atoms with van der Waals surface area (Å²) in [5, 5.41) is 0. The van der Waals surface area contributed by atoms with Crippen molar-refractivity contribution in [2.24, 2.45) is 0 Å². The lowest BCUT2D eigenvalue weighted by Crippen LogP contribution is -2.00. The quantitative estimate of drug-likeness (QED) is 0.709. The van der Waals surface area contributed by atoms with Crippen LogP contribution in [0.5, 0.6) is 5.75 Å². The van der Waals surface area contributed by atoms with E-state index < -0.39 is 0 Å². The van der Waals surface area contributed by atoms with Crippen LogP contribution in [0, 0.1) is 0 Å². The Morgan fingerprint density at radius 3 is 2.39 bits per heavy atom. The van der Waals surface area contributed by atoms with Crippen LogP contribution in [0.1, 0.15) is 5.56 Å². The molecule has 0 radical (unpaired) electrons. The molecule has 0 aliphatic carbocycles. The Bertz CT molecular complexity index is 456. The average Bonchev–Trinajstić information content (AvgIpc) is 2.42. The van der Waals surface area contributed by atoms with Gasteiger partial charge in [-0.1, -0.05) is 46.3 Å². The van der Waals surface area contributed by atoms with E-state index in [0.717, 1.165) is 28.3 Å². The van der Waals surface area contributed by atoms with Gasteiger partial charge in [0.05, 0.1) is 6.61 Å². The van der Waals surface area contributed by atoms with Gasteiger partial charge in [-0.25, -0.2) is 0 Å². The van der Waals surface area contributed by atoms with E-state index in [-0.39, 0.29) is 0 Å². The molecule has 0 saturated heterocycles. The third-order valence-corrected chi connectivity index (χ3v) is 3.94. The zero-order chi connectivity index (χ0) is 12.6. The predicted octanol–water partition coefficient (Wildman–Crippen LogP) is 4.76. The van der Waals surface area contributed by atoms with Crippen molar-refractivity contribution in [1.82, 2.24) is 0 Å². The van der Waals surface area contributed by atoms with Crippen molar-refractivity contribution in [2.45, 2.75) is 5.75 Å². The zero-order valence-electron chi connectivity index (χ0n) is 10.0. The molecule has 0 heterocycles. The minimum absolute atomic E-state index is 0.749. The maximum atomic E-state index is 5.66. The van der Waals surface area contributed by atoms with E-state index >= 15 is 0 Å². The molecule has 2 aromatic carbocycles. The second-order valence-corrected chi connectivity index (χ2v) is 5.86. The fourth-order valence-corrected chi connectivity index (χ4v) is 2.55. The summed E-state index contributed by atoms with van der Waals surface area (Å²) in [4.78, 5) is 0. The highest BCUT2D eigenvalue weighted by atomic mass is 79.9. The number of benzene rings is 2. The highest BCUT2D eigenvalue weighted by molar-refractivity contribution is 9.10. The monoisotopic (exact) mass is 322 g/mol. The van der Waals surface area contributed by atoms with Crippen LogP contribution in [-0.2, 0) is 5.75 Å². The first-order valence-corrected chi connectivity index (χ1v) is 7.79. The summed E-state index contributed by atoms with van der Waals surface area (Å²) in [5.74, 6) is 2.98. The van der Waals surface area contributed by atoms with E-state index in [0.29, 0.717) is 0 Å². The van der Waals surface area contributed by atoms with Gasteiger partial charge in [-0.15, -0.1) is 0 Å². The highest BCUT2D eigenvalue weighted by Gasteiger charge is 1.95. The topological polar surface area (TPSA) is 9.23 Å². The number of hydrogen-bond acceptors (Lipinski definition) is 2. The lowest BCUT2D eigenvalue weighted by molar-refractivity contribution is 0.344. The van der Waals surface area contributed by atoms with Crippen LogP contribution >= 0.6 is 27.7 Å². The van der Waals surface area contributed by atoms with E-state index in [4.69, 9.17) is 4.74 Å². The fourth-order valence-electron chi connectivity index (χ4n) is 1.51. The minimum Gasteiger partial charge on any atom is -0.493 e. The minimum atomic E-state index is 0.749. The Balaban J connectivity index is 1.63. The molecule has 0 unspecified atom stereocenters. The van der Waals surface area contributed by atoms with Crippen molar-refractivity contribution in [1.29, 1.82) is 0 Å². The molecular weight excluding hydrogens is 308 g/mol. The van der Waals surface area contributed by atoms with Gasteiger partial charge in [-0.05, 0) is 29.8 Å². The summed E-state index contributed by atoms with van der Waals surface area (Å²) < 4.78 is 6.73. The van der Waals surface area contributed by atoms with Crippen LogP contribution in [-0.4, -0.2) is 12.4 Å². The molecule has 2 rings (SSSR count). The number of rotatable bonds is 6. The van der Waals surface area contributed by atoms with E-state index in [9.17, 15) is 0 Å². The molecule has 0 fully saturated rings. The summed E-state index contributed by atoms with van der Waals surface area (Å²) in [6, 6.07) is 18.5. The normalized spacial score (nSPS) is 10.3. The van der Waals surface area contributed by atoms with Gasteiger partial charge in [0, 0.05) is 16.0 Å². The number of thioether (sulfide) groups is 1. The fraction of sp³-hybridized carbons (Fsp3) is 0.200. The summed E-state index contributed by atoms with van der Waals surface area (Å²) in [6.45, 7) is 0.749. The Morgan fingerprint density at radius 2 is 1.67 bits per heavy atom. The zero-order valence-corrected chi connectivity index (χ0v) is 12.4. The smallest absolute Gasteiger partial charge is 0.119 e. The largest absolute Gasteiger partial charge is 0.493 e. The lowest BCUT2D eigenvalue weighted by Gasteiger charge is -2.06. The van der Waals surface area contributed by atoms with E-state index in [1.807, 2.05) is 42.1 Å². The van der Waals surface area contributed by atoms with Crippen molar-refractivity contribution in [3.8, 4) is 5.75 Å². The molecule has 2 aromatic rings. The molecule has 18 heavy (non-hydrogen) atoms. The maximum absolute atomic E-state index is 5.66. The van der Waals surface area contributed by atoms with Crippen LogP contribution in [0.2, 0.25) is 0 Å². The van der Waals surface area contributed by atoms with Gasteiger partial charge in [-0.3, -0.25) is 0 Å². The molecule has 0 amide bonds. The molecule has 0 bridgehead atoms. The predicted molar refractivity (Wildman–Crippen MR) is 82.2 cm³/mol. The second-order valence-electron chi connectivity index (χ2n) is 3.84. The maximum Gasteiger partial charge on any atom is 0.119 e. The summed E-state index contributed by atoms with van der Waals surface area (Å²) >= 11 is 5.30. The standard InChI is InChI=1S/C15H15BrOS/c16-14-6-8-15(9-7-14)17-10-11-18-12-13-4-2-1-3-5-13/h1-9H,10-12H2. The first-order chi connectivity index (χ1) is 8.84. The average molecular weight is 323 g/mol. The van der Waals surface area contributed by atoms with Crippen LogP contribution < -0.4 is 4.74 Å². The highest BCUT2D eigenvalue weighted by Crippen LogP contribution is 2.17.